The van der Waals surface area contributed by atoms with Crippen molar-refractivity contribution >= 4 is 21.5 Å². The first-order valence-electron chi connectivity index (χ1n) is 10.2. The number of rotatable bonds is 2. The number of fused-ring (bicyclic) bond motifs is 6. The predicted octanol–water partition coefficient (Wildman–Crippen LogP) is 7.29. The van der Waals surface area contributed by atoms with E-state index in [2.05, 4.69) is 84.9 Å². The molecule has 2 heteroatoms. The maximum absolute atomic E-state index is 6.69. The zero-order valence-corrected chi connectivity index (χ0v) is 16.6. The molecule has 0 N–H and O–H groups in total. The van der Waals surface area contributed by atoms with Gasteiger partial charge in [0.15, 0.2) is 0 Å². The molecule has 0 saturated heterocycles. The molecule has 30 heavy (non-hydrogen) atoms. The normalized spacial score (nSPS) is 13.0. The first-order valence-corrected chi connectivity index (χ1v) is 10.2. The van der Waals surface area contributed by atoms with Gasteiger partial charge in [0, 0.05) is 33.4 Å². The second-order valence-corrected chi connectivity index (χ2v) is 7.69. The Bertz CT molecular complexity index is 1330. The molecule has 0 bridgehead atoms. The summed E-state index contributed by atoms with van der Waals surface area (Å²) in [6.07, 6.45) is 0. The highest BCUT2D eigenvalue weighted by Gasteiger charge is 2.32. The number of para-hydroxylation sites is 1. The van der Waals surface area contributed by atoms with Crippen molar-refractivity contribution in [3.63, 3.8) is 0 Å². The fourth-order valence-corrected chi connectivity index (χ4v) is 4.71. The Hall–Kier alpha value is -3.78. The van der Waals surface area contributed by atoms with Gasteiger partial charge in [0.05, 0.1) is 7.11 Å². The Balaban J connectivity index is 1.73. The van der Waals surface area contributed by atoms with E-state index in [9.17, 15) is 0 Å². The highest BCUT2D eigenvalue weighted by atomic mass is 16.5. The monoisotopic (exact) mass is 388 g/mol. The van der Waals surface area contributed by atoms with Gasteiger partial charge in [-0.2, -0.15) is 0 Å². The average molecular weight is 388 g/mol. The van der Waals surface area contributed by atoms with Gasteiger partial charge in [-0.3, -0.25) is 0 Å². The molecule has 6 rings (SSSR count). The minimum atomic E-state index is 0.0362. The van der Waals surface area contributed by atoms with Crippen LogP contribution in [0.15, 0.2) is 97.1 Å². The molecule has 0 spiro atoms. The first-order chi connectivity index (χ1) is 14.8. The van der Waals surface area contributed by atoms with Crippen LogP contribution >= 0.6 is 0 Å². The van der Waals surface area contributed by atoms with Gasteiger partial charge in [0.25, 0.3) is 0 Å². The lowest BCUT2D eigenvalue weighted by molar-refractivity contribution is 0.406. The van der Waals surface area contributed by atoms with E-state index in [1.807, 2.05) is 12.1 Å². The molecular weight excluding hydrogens is 368 g/mol. The second-order valence-electron chi connectivity index (χ2n) is 7.69. The van der Waals surface area contributed by atoms with Crippen molar-refractivity contribution in [2.75, 3.05) is 7.11 Å². The Morgan fingerprint density at radius 1 is 0.567 bits per heavy atom. The highest BCUT2D eigenvalue weighted by molar-refractivity contribution is 5.95. The van der Waals surface area contributed by atoms with Crippen LogP contribution in [-0.2, 0) is 0 Å². The molecule has 1 aliphatic rings. The van der Waals surface area contributed by atoms with Gasteiger partial charge in [-0.25, -0.2) is 0 Å². The molecule has 2 nitrogen and oxygen atoms in total. The predicted molar refractivity (Wildman–Crippen MR) is 122 cm³/mol. The minimum Gasteiger partial charge on any atom is -0.496 e. The first kappa shape index (κ1) is 17.1. The Labute approximate surface area is 175 Å². The lowest BCUT2D eigenvalue weighted by Crippen LogP contribution is -2.13. The van der Waals surface area contributed by atoms with E-state index in [-0.39, 0.29) is 5.92 Å². The zero-order valence-electron chi connectivity index (χ0n) is 16.6. The fourth-order valence-electron chi connectivity index (χ4n) is 4.71. The number of methoxy groups -OCH3 is 1. The van der Waals surface area contributed by atoms with Gasteiger partial charge in [0.2, 0.25) is 0 Å². The van der Waals surface area contributed by atoms with Crippen molar-refractivity contribution in [3.8, 4) is 17.2 Å². The summed E-state index contributed by atoms with van der Waals surface area (Å²) in [4.78, 5) is 0. The van der Waals surface area contributed by atoms with Crippen LogP contribution < -0.4 is 9.47 Å². The summed E-state index contributed by atoms with van der Waals surface area (Å²) in [5.41, 5.74) is 3.48. The summed E-state index contributed by atoms with van der Waals surface area (Å²) in [6, 6.07) is 33.9. The van der Waals surface area contributed by atoms with Crippen LogP contribution in [0.2, 0.25) is 0 Å². The molecule has 0 unspecified atom stereocenters. The molecule has 0 fully saturated rings. The van der Waals surface area contributed by atoms with E-state index in [0.717, 1.165) is 33.6 Å². The number of hydrogen-bond acceptors (Lipinski definition) is 2. The largest absolute Gasteiger partial charge is 0.496 e. The fraction of sp³-hybridized carbons (Fsp3) is 0.0714. The van der Waals surface area contributed by atoms with E-state index in [1.165, 1.54) is 21.9 Å². The zero-order chi connectivity index (χ0) is 20.1. The Kier molecular flexibility index (Phi) is 3.78. The van der Waals surface area contributed by atoms with Gasteiger partial charge in [-0.15, -0.1) is 0 Å². The standard InChI is InChI=1S/C28H20O2/c1-29-25-13-7-6-12-22(25)26-23-16-14-18-8-2-4-10-20(18)27(23)30-28-21-11-5-3-9-19(21)15-17-24(26)28/h2-17,26H,1H3. The van der Waals surface area contributed by atoms with Crippen LogP contribution in [0.1, 0.15) is 22.6 Å². The third kappa shape index (κ3) is 2.44. The lowest BCUT2D eigenvalue weighted by atomic mass is 9.80. The molecule has 0 saturated carbocycles. The van der Waals surface area contributed by atoms with Crippen LogP contribution in [0.5, 0.6) is 17.2 Å². The maximum Gasteiger partial charge on any atom is 0.139 e. The molecule has 1 heterocycles. The molecule has 0 aliphatic carbocycles. The molecular formula is C28H20O2. The van der Waals surface area contributed by atoms with E-state index < -0.39 is 0 Å². The molecule has 144 valence electrons. The summed E-state index contributed by atoms with van der Waals surface area (Å²) in [5, 5.41) is 4.62. The number of hydrogen-bond donors (Lipinski definition) is 0. The highest BCUT2D eigenvalue weighted by Crippen LogP contribution is 2.53. The molecule has 1 aliphatic heterocycles. The van der Waals surface area contributed by atoms with Crippen molar-refractivity contribution in [1.82, 2.24) is 0 Å². The summed E-state index contributed by atoms with van der Waals surface area (Å²) in [6.45, 7) is 0. The summed E-state index contributed by atoms with van der Waals surface area (Å²) < 4.78 is 12.5. The van der Waals surface area contributed by atoms with Gasteiger partial charge >= 0.3 is 0 Å². The number of ether oxygens (including phenoxy) is 2. The van der Waals surface area contributed by atoms with Crippen molar-refractivity contribution in [2.24, 2.45) is 0 Å². The SMILES string of the molecule is COc1ccccc1C1c2ccc3ccccc3c2Oc2c1ccc1ccccc21. The van der Waals surface area contributed by atoms with Crippen molar-refractivity contribution in [1.29, 1.82) is 0 Å². The van der Waals surface area contributed by atoms with Crippen LogP contribution in [0.25, 0.3) is 21.5 Å². The Morgan fingerprint density at radius 2 is 1.10 bits per heavy atom. The van der Waals surface area contributed by atoms with E-state index in [4.69, 9.17) is 9.47 Å². The van der Waals surface area contributed by atoms with Crippen LogP contribution in [0, 0.1) is 0 Å². The second kappa shape index (κ2) is 6.64. The van der Waals surface area contributed by atoms with Crippen molar-refractivity contribution in [3.05, 3.63) is 114 Å². The van der Waals surface area contributed by atoms with Crippen LogP contribution in [0.3, 0.4) is 0 Å². The third-order valence-electron chi connectivity index (χ3n) is 6.10. The summed E-state index contributed by atoms with van der Waals surface area (Å²) in [7, 11) is 1.74. The van der Waals surface area contributed by atoms with Crippen LogP contribution in [0.4, 0.5) is 0 Å². The van der Waals surface area contributed by atoms with Gasteiger partial charge in [0.1, 0.15) is 17.2 Å². The Morgan fingerprint density at radius 3 is 1.70 bits per heavy atom. The molecule has 0 atom stereocenters. The third-order valence-corrected chi connectivity index (χ3v) is 6.10. The molecule has 5 aromatic carbocycles. The topological polar surface area (TPSA) is 18.5 Å². The summed E-state index contributed by atoms with van der Waals surface area (Å²) >= 11 is 0. The van der Waals surface area contributed by atoms with E-state index >= 15 is 0 Å². The molecule has 0 aromatic heterocycles. The van der Waals surface area contributed by atoms with Gasteiger partial charge < -0.3 is 9.47 Å². The summed E-state index contributed by atoms with van der Waals surface area (Å²) in [5.74, 6) is 2.80. The van der Waals surface area contributed by atoms with Gasteiger partial charge in [-0.05, 0) is 16.8 Å². The minimum absolute atomic E-state index is 0.0362. The van der Waals surface area contributed by atoms with Crippen molar-refractivity contribution in [2.45, 2.75) is 5.92 Å². The smallest absolute Gasteiger partial charge is 0.139 e. The van der Waals surface area contributed by atoms with Crippen molar-refractivity contribution < 1.29 is 9.47 Å². The molecule has 0 amide bonds. The van der Waals surface area contributed by atoms with E-state index in [1.54, 1.807) is 7.11 Å². The van der Waals surface area contributed by atoms with Gasteiger partial charge in [-0.1, -0.05) is 91.0 Å². The quantitative estimate of drug-likeness (QED) is 0.310. The maximum atomic E-state index is 6.69. The number of benzene rings is 5. The van der Waals surface area contributed by atoms with Crippen LogP contribution in [-0.4, -0.2) is 7.11 Å². The molecule has 0 radical (unpaired) electrons. The molecule has 5 aromatic rings. The lowest BCUT2D eigenvalue weighted by Gasteiger charge is -2.31. The van der Waals surface area contributed by atoms with E-state index in [0.29, 0.717) is 0 Å². The average Bonchev–Trinajstić information content (AvgIpc) is 2.82.